The summed E-state index contributed by atoms with van der Waals surface area (Å²) in [7, 11) is 0. The summed E-state index contributed by atoms with van der Waals surface area (Å²) in [6, 6.07) is 3.58. The van der Waals surface area contributed by atoms with Crippen LogP contribution >= 0.6 is 23.7 Å². The number of carbonyl (C=O) groups is 1. The van der Waals surface area contributed by atoms with E-state index in [4.69, 9.17) is 5.73 Å². The molecule has 1 aromatic carbocycles. The molecule has 0 saturated carbocycles. The van der Waals surface area contributed by atoms with Crippen molar-refractivity contribution in [2.24, 2.45) is 5.73 Å². The van der Waals surface area contributed by atoms with Crippen molar-refractivity contribution in [3.63, 3.8) is 0 Å². The first-order valence-electron chi connectivity index (χ1n) is 6.26. The summed E-state index contributed by atoms with van der Waals surface area (Å²) in [5, 5.41) is 4.30. The molecule has 0 unspecified atom stereocenters. The number of nitrogens with zero attached hydrogens (tertiary/aromatic N) is 1. The molecule has 0 aliphatic rings. The normalized spacial score (nSPS) is 11.0. The molecule has 0 spiro atoms. The quantitative estimate of drug-likeness (QED) is 0.893. The summed E-state index contributed by atoms with van der Waals surface area (Å²) >= 11 is 1.01. The number of hydrogen-bond acceptors (Lipinski definition) is 4. The predicted molar refractivity (Wildman–Crippen MR) is 85.3 cm³/mol. The van der Waals surface area contributed by atoms with Crippen LogP contribution in [0.5, 0.6) is 0 Å². The lowest BCUT2D eigenvalue weighted by molar-refractivity contribution is 0.0911. The van der Waals surface area contributed by atoms with Gasteiger partial charge >= 0.3 is 0 Å². The van der Waals surface area contributed by atoms with Gasteiger partial charge in [0, 0.05) is 17.5 Å². The molecular formula is C14H16ClF2N3OS. The number of thiazole rings is 1. The minimum Gasteiger partial charge on any atom is -0.345 e. The Kier molecular flexibility index (Phi) is 5.99. The number of aromatic nitrogens is 1. The maximum atomic E-state index is 13.7. The van der Waals surface area contributed by atoms with E-state index in [1.54, 1.807) is 13.8 Å². The van der Waals surface area contributed by atoms with E-state index >= 15 is 0 Å². The molecule has 22 heavy (non-hydrogen) atoms. The van der Waals surface area contributed by atoms with E-state index in [-0.39, 0.29) is 35.2 Å². The first kappa shape index (κ1) is 18.5. The van der Waals surface area contributed by atoms with Gasteiger partial charge in [-0.15, -0.1) is 23.7 Å². The molecule has 4 nitrogen and oxygen atoms in total. The highest BCUT2D eigenvalue weighted by atomic mass is 35.5. The Labute approximate surface area is 137 Å². The highest BCUT2D eigenvalue weighted by Gasteiger charge is 2.22. The first-order chi connectivity index (χ1) is 9.84. The largest absolute Gasteiger partial charge is 0.345 e. The highest BCUT2D eigenvalue weighted by Crippen LogP contribution is 2.28. The summed E-state index contributed by atoms with van der Waals surface area (Å²) in [5.41, 5.74) is 4.85. The van der Waals surface area contributed by atoms with Gasteiger partial charge in [0.1, 0.15) is 22.3 Å². The molecule has 0 aliphatic heterocycles. The van der Waals surface area contributed by atoms with Gasteiger partial charge < -0.3 is 11.1 Å². The number of nitrogens with two attached hydrogens (primary N) is 1. The minimum absolute atomic E-state index is 0. The predicted octanol–water partition coefficient (Wildman–Crippen LogP) is 2.98. The number of carbonyl (C=O) groups excluding carboxylic acids is 1. The fraction of sp³-hybridized carbons (Fsp3) is 0.286. The Bertz CT molecular complexity index is 656. The molecule has 0 aliphatic carbocycles. The van der Waals surface area contributed by atoms with Gasteiger partial charge in [-0.3, -0.25) is 4.79 Å². The molecule has 120 valence electrons. The third-order valence-electron chi connectivity index (χ3n) is 2.88. The van der Waals surface area contributed by atoms with Crippen LogP contribution in [0.4, 0.5) is 8.78 Å². The maximum absolute atomic E-state index is 13.7. The van der Waals surface area contributed by atoms with E-state index in [1.807, 2.05) is 0 Å². The second-order valence-electron chi connectivity index (χ2n) is 5.18. The monoisotopic (exact) mass is 347 g/mol. The molecule has 1 aromatic heterocycles. The van der Waals surface area contributed by atoms with Crippen LogP contribution in [0.15, 0.2) is 23.6 Å². The summed E-state index contributed by atoms with van der Waals surface area (Å²) in [6.07, 6.45) is 0. The van der Waals surface area contributed by atoms with Crippen LogP contribution in [-0.4, -0.2) is 23.0 Å². The van der Waals surface area contributed by atoms with E-state index in [0.717, 1.165) is 23.5 Å². The van der Waals surface area contributed by atoms with Crippen LogP contribution in [0.3, 0.4) is 0 Å². The lowest BCUT2D eigenvalue weighted by Gasteiger charge is -2.23. The molecule has 1 heterocycles. The average molecular weight is 348 g/mol. The Morgan fingerprint density at radius 3 is 2.50 bits per heavy atom. The lowest BCUT2D eigenvalue weighted by atomic mass is 10.1. The van der Waals surface area contributed by atoms with Gasteiger partial charge in [-0.2, -0.15) is 0 Å². The van der Waals surface area contributed by atoms with Crippen molar-refractivity contribution >= 4 is 29.7 Å². The third kappa shape index (κ3) is 4.00. The molecule has 2 rings (SSSR count). The molecule has 1 amide bonds. The first-order valence-corrected chi connectivity index (χ1v) is 7.14. The van der Waals surface area contributed by atoms with Crippen LogP contribution < -0.4 is 11.1 Å². The molecule has 0 atom stereocenters. The van der Waals surface area contributed by atoms with Crippen molar-refractivity contribution in [3.05, 3.63) is 40.9 Å². The summed E-state index contributed by atoms with van der Waals surface area (Å²) in [4.78, 5) is 16.0. The van der Waals surface area contributed by atoms with Gasteiger partial charge in [0.15, 0.2) is 0 Å². The molecule has 0 radical (unpaired) electrons. The molecule has 2 aromatic rings. The Hall–Kier alpha value is -1.57. The zero-order valence-corrected chi connectivity index (χ0v) is 13.7. The van der Waals surface area contributed by atoms with Crippen molar-refractivity contribution in [3.8, 4) is 10.6 Å². The molecule has 3 N–H and O–H groups in total. The zero-order valence-electron chi connectivity index (χ0n) is 12.0. The fourth-order valence-corrected chi connectivity index (χ4v) is 2.46. The van der Waals surface area contributed by atoms with Crippen LogP contribution in [0, 0.1) is 11.6 Å². The zero-order chi connectivity index (χ0) is 15.6. The standard InChI is InChI=1S/C14H15F2N3OS.ClH/c1-14(2,7-17)19-12(20)10-6-21-13(18-10)11-8(15)4-3-5-9(11)16;/h3-6H,7,17H2,1-2H3,(H,19,20);1H. The second kappa shape index (κ2) is 7.13. The number of rotatable bonds is 4. The third-order valence-corrected chi connectivity index (χ3v) is 3.74. The van der Waals surface area contributed by atoms with Crippen molar-refractivity contribution < 1.29 is 13.6 Å². The summed E-state index contributed by atoms with van der Waals surface area (Å²) < 4.78 is 27.4. The summed E-state index contributed by atoms with van der Waals surface area (Å²) in [5.74, 6) is -1.85. The van der Waals surface area contributed by atoms with Gasteiger partial charge in [0.2, 0.25) is 0 Å². The molecule has 0 saturated heterocycles. The number of nitrogens with one attached hydrogen (secondary N) is 1. The van der Waals surface area contributed by atoms with E-state index in [1.165, 1.54) is 11.4 Å². The lowest BCUT2D eigenvalue weighted by Crippen LogP contribution is -2.48. The van der Waals surface area contributed by atoms with Gasteiger partial charge in [-0.05, 0) is 26.0 Å². The van der Waals surface area contributed by atoms with Crippen LogP contribution in [-0.2, 0) is 0 Å². The number of amides is 1. The number of halogens is 3. The molecule has 0 bridgehead atoms. The topological polar surface area (TPSA) is 68.0 Å². The van der Waals surface area contributed by atoms with Crippen LogP contribution in [0.1, 0.15) is 24.3 Å². The highest BCUT2D eigenvalue weighted by molar-refractivity contribution is 7.13. The molecular weight excluding hydrogens is 332 g/mol. The van der Waals surface area contributed by atoms with Crippen molar-refractivity contribution in [1.82, 2.24) is 10.3 Å². The van der Waals surface area contributed by atoms with Crippen LogP contribution in [0.2, 0.25) is 0 Å². The fourth-order valence-electron chi connectivity index (χ4n) is 1.62. The number of benzene rings is 1. The van der Waals surface area contributed by atoms with Gasteiger partial charge in [-0.25, -0.2) is 13.8 Å². The van der Waals surface area contributed by atoms with Crippen molar-refractivity contribution in [2.45, 2.75) is 19.4 Å². The Morgan fingerprint density at radius 1 is 1.36 bits per heavy atom. The Morgan fingerprint density at radius 2 is 1.95 bits per heavy atom. The van der Waals surface area contributed by atoms with Gasteiger partial charge in [0.05, 0.1) is 5.56 Å². The van der Waals surface area contributed by atoms with E-state index < -0.39 is 23.1 Å². The minimum atomic E-state index is -0.710. The van der Waals surface area contributed by atoms with Crippen molar-refractivity contribution in [1.29, 1.82) is 0 Å². The summed E-state index contributed by atoms with van der Waals surface area (Å²) in [6.45, 7) is 3.81. The average Bonchev–Trinajstić information content (AvgIpc) is 2.87. The van der Waals surface area contributed by atoms with E-state index in [0.29, 0.717) is 0 Å². The van der Waals surface area contributed by atoms with E-state index in [9.17, 15) is 13.6 Å². The maximum Gasteiger partial charge on any atom is 0.271 e. The van der Waals surface area contributed by atoms with E-state index in [2.05, 4.69) is 10.3 Å². The van der Waals surface area contributed by atoms with Crippen molar-refractivity contribution in [2.75, 3.05) is 6.54 Å². The van der Waals surface area contributed by atoms with Gasteiger partial charge in [-0.1, -0.05) is 6.07 Å². The van der Waals surface area contributed by atoms with Gasteiger partial charge in [0.25, 0.3) is 5.91 Å². The van der Waals surface area contributed by atoms with Crippen LogP contribution in [0.25, 0.3) is 10.6 Å². The Balaban J connectivity index is 0.00000242. The number of hydrogen-bond donors (Lipinski definition) is 2. The second-order valence-corrected chi connectivity index (χ2v) is 6.03. The molecule has 0 fully saturated rings. The smallest absolute Gasteiger partial charge is 0.271 e. The SMILES string of the molecule is CC(C)(CN)NC(=O)c1csc(-c2c(F)cccc2F)n1.Cl. The molecule has 8 heteroatoms.